The number of hydrogen-bond donors (Lipinski definition) is 0. The third-order valence-electron chi connectivity index (χ3n) is 10.9. The van der Waals surface area contributed by atoms with Crippen molar-refractivity contribution in [2.24, 2.45) is 0 Å². The Kier molecular flexibility index (Phi) is 51.0. The smallest absolute Gasteiger partial charge is 0.306 e. The monoisotopic (exact) mass is 927 g/mol. The molecule has 1 unspecified atom stereocenters. The number of carbonyl (C=O) groups excluding carboxylic acids is 3. The van der Waals surface area contributed by atoms with Gasteiger partial charge >= 0.3 is 17.9 Å². The standard InChI is InChI=1S/C61H98O6/c1-4-7-10-13-16-19-22-25-28-31-34-36-39-42-45-48-51-54-60(63)66-57-58(67-61(64)55-52-49-46-43-40-37-33-30-27-24-21-18-15-12-9-6-3)56-65-59(62)53-50-47-44-41-38-35-32-29-26-23-20-17-14-11-8-5-2/h9,12,16,18-19,21,25,27-30,32,34-38,40,42,45,58H,4-8,10-11,13-15,17,20,22-24,26,31,33,39,41,43-44,46-57H2,1-3H3/b12-9-,19-16-,21-18-,28-25-,30-27-,32-29-,36-34-,38-35-,40-37-,45-42-. The van der Waals surface area contributed by atoms with Crippen LogP contribution in [0.4, 0.5) is 0 Å². The summed E-state index contributed by atoms with van der Waals surface area (Å²) in [7, 11) is 0. The minimum absolute atomic E-state index is 0.125. The molecule has 0 aromatic heterocycles. The first-order chi connectivity index (χ1) is 33.0. The molecule has 0 spiro atoms. The number of hydrogen-bond acceptors (Lipinski definition) is 6. The number of allylic oxidation sites excluding steroid dienone is 20. The van der Waals surface area contributed by atoms with E-state index in [2.05, 4.69) is 142 Å². The molecule has 0 radical (unpaired) electrons. The summed E-state index contributed by atoms with van der Waals surface area (Å²) in [5.74, 6) is -1.04. The van der Waals surface area contributed by atoms with Crippen LogP contribution in [0.5, 0.6) is 0 Å². The first-order valence-corrected chi connectivity index (χ1v) is 27.1. The summed E-state index contributed by atoms with van der Waals surface area (Å²) >= 11 is 0. The van der Waals surface area contributed by atoms with Crippen molar-refractivity contribution in [3.63, 3.8) is 0 Å². The Morgan fingerprint density at radius 3 is 1.09 bits per heavy atom. The Hall–Kier alpha value is -4.19. The molecule has 0 rings (SSSR count). The molecule has 0 aliphatic heterocycles. The van der Waals surface area contributed by atoms with Crippen LogP contribution in [0.15, 0.2) is 122 Å². The van der Waals surface area contributed by atoms with Crippen molar-refractivity contribution in [2.75, 3.05) is 13.2 Å². The largest absolute Gasteiger partial charge is 0.462 e. The number of esters is 3. The summed E-state index contributed by atoms with van der Waals surface area (Å²) in [6, 6.07) is 0. The van der Waals surface area contributed by atoms with Crippen LogP contribution in [-0.4, -0.2) is 37.2 Å². The molecule has 0 heterocycles. The molecule has 378 valence electrons. The van der Waals surface area contributed by atoms with Gasteiger partial charge in [0.25, 0.3) is 0 Å². The molecule has 0 aromatic rings. The lowest BCUT2D eigenvalue weighted by molar-refractivity contribution is -0.167. The van der Waals surface area contributed by atoms with Crippen molar-refractivity contribution < 1.29 is 28.6 Å². The quantitative estimate of drug-likeness (QED) is 0.0199. The predicted molar refractivity (Wildman–Crippen MR) is 288 cm³/mol. The van der Waals surface area contributed by atoms with Gasteiger partial charge < -0.3 is 14.2 Å². The van der Waals surface area contributed by atoms with Crippen LogP contribution < -0.4 is 0 Å². The maximum Gasteiger partial charge on any atom is 0.306 e. The Balaban J connectivity index is 4.59. The van der Waals surface area contributed by atoms with Gasteiger partial charge in [-0.15, -0.1) is 0 Å². The Labute approximate surface area is 412 Å². The van der Waals surface area contributed by atoms with Gasteiger partial charge in [0.05, 0.1) is 0 Å². The fraction of sp³-hybridized carbons (Fsp3) is 0.623. The highest BCUT2D eigenvalue weighted by molar-refractivity contribution is 5.71. The van der Waals surface area contributed by atoms with E-state index in [0.29, 0.717) is 19.3 Å². The van der Waals surface area contributed by atoms with E-state index in [4.69, 9.17) is 14.2 Å². The average Bonchev–Trinajstić information content (AvgIpc) is 3.33. The van der Waals surface area contributed by atoms with Crippen LogP contribution in [0, 0.1) is 0 Å². The van der Waals surface area contributed by atoms with E-state index in [1.165, 1.54) is 70.6 Å². The molecule has 0 saturated carbocycles. The van der Waals surface area contributed by atoms with Gasteiger partial charge in [0, 0.05) is 19.3 Å². The van der Waals surface area contributed by atoms with Crippen LogP contribution in [0.1, 0.15) is 226 Å². The number of rotatable bonds is 47. The molecule has 0 aromatic carbocycles. The van der Waals surface area contributed by atoms with Crippen molar-refractivity contribution in [1.82, 2.24) is 0 Å². The van der Waals surface area contributed by atoms with Crippen molar-refractivity contribution in [2.45, 2.75) is 232 Å². The Bertz CT molecular complexity index is 1440. The Morgan fingerprint density at radius 2 is 0.642 bits per heavy atom. The molecule has 0 saturated heterocycles. The molecule has 0 N–H and O–H groups in total. The number of carbonyl (C=O) groups is 3. The molecule has 0 bridgehead atoms. The minimum Gasteiger partial charge on any atom is -0.462 e. The summed E-state index contributed by atoms with van der Waals surface area (Å²) in [4.78, 5) is 38.0. The highest BCUT2D eigenvalue weighted by Crippen LogP contribution is 2.12. The second-order valence-electron chi connectivity index (χ2n) is 17.4. The molecular weight excluding hydrogens is 829 g/mol. The van der Waals surface area contributed by atoms with Gasteiger partial charge in [-0.1, -0.05) is 206 Å². The van der Waals surface area contributed by atoms with Gasteiger partial charge in [0.1, 0.15) is 13.2 Å². The summed E-state index contributed by atoms with van der Waals surface area (Å²) in [5.41, 5.74) is 0. The van der Waals surface area contributed by atoms with Gasteiger partial charge in [-0.25, -0.2) is 0 Å². The zero-order valence-corrected chi connectivity index (χ0v) is 43.1. The van der Waals surface area contributed by atoms with Crippen molar-refractivity contribution in [1.29, 1.82) is 0 Å². The zero-order valence-electron chi connectivity index (χ0n) is 43.1. The van der Waals surface area contributed by atoms with Crippen LogP contribution in [0.3, 0.4) is 0 Å². The van der Waals surface area contributed by atoms with E-state index in [0.717, 1.165) is 103 Å². The van der Waals surface area contributed by atoms with E-state index >= 15 is 0 Å². The summed E-state index contributed by atoms with van der Waals surface area (Å²) in [5, 5.41) is 0. The summed E-state index contributed by atoms with van der Waals surface area (Å²) in [6.45, 7) is 6.38. The molecule has 6 heteroatoms. The first kappa shape index (κ1) is 62.8. The molecule has 0 fully saturated rings. The van der Waals surface area contributed by atoms with Crippen LogP contribution in [0.25, 0.3) is 0 Å². The van der Waals surface area contributed by atoms with Gasteiger partial charge in [-0.3, -0.25) is 14.4 Å². The van der Waals surface area contributed by atoms with Crippen LogP contribution >= 0.6 is 0 Å². The SMILES string of the molecule is CC/C=C\C/C=C\C/C=C\C/C=C\CCCCCC(=O)OC(COC(=O)CCC/C=C\C/C=C\C/C=C\C/C=C\CCCCC)COC(=O)CCCCC/C=C\C=C/CCCCCCCCC. The van der Waals surface area contributed by atoms with Gasteiger partial charge in [-0.05, 0) is 122 Å². The average molecular weight is 927 g/mol. The van der Waals surface area contributed by atoms with Crippen molar-refractivity contribution >= 4 is 17.9 Å². The molecule has 0 aliphatic carbocycles. The molecule has 67 heavy (non-hydrogen) atoms. The van der Waals surface area contributed by atoms with Crippen LogP contribution in [0.2, 0.25) is 0 Å². The van der Waals surface area contributed by atoms with E-state index < -0.39 is 6.10 Å². The van der Waals surface area contributed by atoms with Crippen LogP contribution in [-0.2, 0) is 28.6 Å². The molecule has 1 atom stereocenters. The molecule has 0 aliphatic rings. The first-order valence-electron chi connectivity index (χ1n) is 27.1. The second kappa shape index (κ2) is 54.4. The fourth-order valence-electron chi connectivity index (χ4n) is 6.89. The van der Waals surface area contributed by atoms with E-state index in [1.54, 1.807) is 0 Å². The maximum atomic E-state index is 12.8. The third kappa shape index (κ3) is 52.6. The zero-order chi connectivity index (χ0) is 48.6. The third-order valence-corrected chi connectivity index (χ3v) is 10.9. The topological polar surface area (TPSA) is 78.9 Å². The lowest BCUT2D eigenvalue weighted by Gasteiger charge is -2.18. The summed E-state index contributed by atoms with van der Waals surface area (Å²) < 4.78 is 16.7. The predicted octanol–water partition coefficient (Wildman–Crippen LogP) is 18.1. The lowest BCUT2D eigenvalue weighted by atomic mass is 10.1. The van der Waals surface area contributed by atoms with E-state index in [-0.39, 0.29) is 44.0 Å². The van der Waals surface area contributed by atoms with E-state index in [1.807, 2.05) is 0 Å². The normalized spacial score (nSPS) is 13.1. The molecule has 6 nitrogen and oxygen atoms in total. The summed E-state index contributed by atoms with van der Waals surface area (Å²) in [6.07, 6.45) is 74.7. The maximum absolute atomic E-state index is 12.8. The van der Waals surface area contributed by atoms with Crippen molar-refractivity contribution in [3.05, 3.63) is 122 Å². The van der Waals surface area contributed by atoms with Gasteiger partial charge in [0.2, 0.25) is 0 Å². The lowest BCUT2D eigenvalue weighted by Crippen LogP contribution is -2.30. The molecular formula is C61H98O6. The van der Waals surface area contributed by atoms with E-state index in [9.17, 15) is 14.4 Å². The number of unbranched alkanes of at least 4 members (excludes halogenated alkanes) is 17. The Morgan fingerprint density at radius 1 is 0.328 bits per heavy atom. The van der Waals surface area contributed by atoms with Gasteiger partial charge in [-0.2, -0.15) is 0 Å². The van der Waals surface area contributed by atoms with Gasteiger partial charge in [0.15, 0.2) is 6.10 Å². The highest BCUT2D eigenvalue weighted by atomic mass is 16.6. The number of ether oxygens (including phenoxy) is 3. The van der Waals surface area contributed by atoms with Crippen molar-refractivity contribution in [3.8, 4) is 0 Å². The molecule has 0 amide bonds. The fourth-order valence-corrected chi connectivity index (χ4v) is 6.89. The highest BCUT2D eigenvalue weighted by Gasteiger charge is 2.19. The second-order valence-corrected chi connectivity index (χ2v) is 17.4. The minimum atomic E-state index is -0.831.